The number of hydrogen-bond donors (Lipinski definition) is 2. The Balaban J connectivity index is 2.81. The molecule has 0 aliphatic carbocycles. The van der Waals surface area contributed by atoms with Crippen molar-refractivity contribution in [3.05, 3.63) is 25.6 Å². The van der Waals surface area contributed by atoms with Crippen LogP contribution in [-0.4, -0.2) is 19.5 Å². The van der Waals surface area contributed by atoms with Gasteiger partial charge in [0, 0.05) is 0 Å². The fraction of sp³-hybridized carbons (Fsp3) is 0.222. The lowest BCUT2D eigenvalue weighted by Crippen LogP contribution is -2.22. The van der Waals surface area contributed by atoms with Crippen LogP contribution in [-0.2, 0) is 6.54 Å². The SMILES string of the molecule is CC#CCn1c(Br)nc2c(=O)[nH]c(=O)[nH]c21. The van der Waals surface area contributed by atoms with Crippen LogP contribution in [0.15, 0.2) is 14.3 Å². The van der Waals surface area contributed by atoms with Crippen LogP contribution in [0.5, 0.6) is 0 Å². The van der Waals surface area contributed by atoms with Crippen LogP contribution in [0.2, 0.25) is 0 Å². The van der Waals surface area contributed by atoms with E-state index in [-0.39, 0.29) is 5.52 Å². The molecular formula is C9H7BrN4O2. The molecule has 0 saturated heterocycles. The van der Waals surface area contributed by atoms with Gasteiger partial charge in [0.05, 0.1) is 6.54 Å². The van der Waals surface area contributed by atoms with Gasteiger partial charge in [-0.25, -0.2) is 9.78 Å². The number of rotatable bonds is 1. The highest BCUT2D eigenvalue weighted by molar-refractivity contribution is 9.10. The standard InChI is InChI=1S/C9H7BrN4O2/c1-2-3-4-14-6-5(11-8(14)10)7(15)13-9(16)12-6/h4H2,1H3,(H2,12,13,15,16). The van der Waals surface area contributed by atoms with Crippen LogP contribution in [0.25, 0.3) is 11.2 Å². The zero-order valence-electron chi connectivity index (χ0n) is 8.30. The summed E-state index contributed by atoms with van der Waals surface area (Å²) >= 11 is 3.21. The molecule has 0 fully saturated rings. The van der Waals surface area contributed by atoms with Crippen LogP contribution in [0.4, 0.5) is 0 Å². The number of halogens is 1. The molecule has 6 nitrogen and oxygen atoms in total. The van der Waals surface area contributed by atoms with Crippen molar-refractivity contribution < 1.29 is 0 Å². The number of fused-ring (bicyclic) bond motifs is 1. The largest absolute Gasteiger partial charge is 0.327 e. The monoisotopic (exact) mass is 282 g/mol. The highest BCUT2D eigenvalue weighted by Gasteiger charge is 2.11. The van der Waals surface area contributed by atoms with Gasteiger partial charge in [-0.15, -0.1) is 5.92 Å². The van der Waals surface area contributed by atoms with Gasteiger partial charge < -0.3 is 0 Å². The Morgan fingerprint density at radius 1 is 1.44 bits per heavy atom. The van der Waals surface area contributed by atoms with Gasteiger partial charge >= 0.3 is 5.69 Å². The Labute approximate surface area is 97.8 Å². The molecule has 2 N–H and O–H groups in total. The maximum atomic E-state index is 11.4. The molecular weight excluding hydrogens is 276 g/mol. The number of aromatic nitrogens is 4. The van der Waals surface area contributed by atoms with Gasteiger partial charge in [-0.05, 0) is 22.9 Å². The summed E-state index contributed by atoms with van der Waals surface area (Å²) < 4.78 is 2.07. The Morgan fingerprint density at radius 2 is 2.19 bits per heavy atom. The summed E-state index contributed by atoms with van der Waals surface area (Å²) in [7, 11) is 0. The summed E-state index contributed by atoms with van der Waals surface area (Å²) in [5.41, 5.74) is -0.522. The summed E-state index contributed by atoms with van der Waals surface area (Å²) in [5.74, 6) is 5.56. The Morgan fingerprint density at radius 3 is 2.88 bits per heavy atom. The predicted molar refractivity (Wildman–Crippen MR) is 62.1 cm³/mol. The number of nitrogens with one attached hydrogen (secondary N) is 2. The number of nitrogens with zero attached hydrogens (tertiary/aromatic N) is 2. The molecule has 16 heavy (non-hydrogen) atoms. The minimum Gasteiger partial charge on any atom is -0.293 e. The molecule has 0 amide bonds. The minimum atomic E-state index is -0.560. The van der Waals surface area contributed by atoms with Gasteiger partial charge in [0.25, 0.3) is 5.56 Å². The second-order valence-corrected chi connectivity index (χ2v) is 3.71. The van der Waals surface area contributed by atoms with Crippen molar-refractivity contribution in [1.29, 1.82) is 0 Å². The molecule has 0 aliphatic heterocycles. The average Bonchev–Trinajstić information content (AvgIpc) is 2.53. The van der Waals surface area contributed by atoms with Gasteiger partial charge in [0.15, 0.2) is 10.3 Å². The summed E-state index contributed by atoms with van der Waals surface area (Å²) in [4.78, 5) is 31.2. The number of H-pyrrole nitrogens is 2. The topological polar surface area (TPSA) is 83.5 Å². The smallest absolute Gasteiger partial charge is 0.293 e. The zero-order chi connectivity index (χ0) is 11.7. The lowest BCUT2D eigenvalue weighted by atomic mass is 10.5. The molecule has 0 saturated carbocycles. The van der Waals surface area contributed by atoms with Gasteiger partial charge in [0.2, 0.25) is 0 Å². The number of hydrogen-bond acceptors (Lipinski definition) is 3. The van der Waals surface area contributed by atoms with E-state index in [2.05, 4.69) is 42.7 Å². The van der Waals surface area contributed by atoms with Crippen molar-refractivity contribution in [2.45, 2.75) is 13.5 Å². The van der Waals surface area contributed by atoms with Crippen molar-refractivity contribution in [1.82, 2.24) is 19.5 Å². The lowest BCUT2D eigenvalue weighted by Gasteiger charge is -1.98. The molecule has 7 heteroatoms. The van der Waals surface area contributed by atoms with E-state index < -0.39 is 11.2 Å². The molecule has 0 radical (unpaired) electrons. The normalized spacial score (nSPS) is 10.1. The third-order valence-corrected chi connectivity index (χ3v) is 2.61. The van der Waals surface area contributed by atoms with E-state index in [0.717, 1.165) is 0 Å². The summed E-state index contributed by atoms with van der Waals surface area (Å²) in [6.07, 6.45) is 0. The first-order valence-corrected chi connectivity index (χ1v) is 5.20. The van der Waals surface area contributed by atoms with Crippen molar-refractivity contribution >= 4 is 27.1 Å². The first-order valence-electron chi connectivity index (χ1n) is 4.41. The van der Waals surface area contributed by atoms with Gasteiger partial charge in [-0.1, -0.05) is 5.92 Å². The zero-order valence-corrected chi connectivity index (χ0v) is 9.88. The fourth-order valence-electron chi connectivity index (χ4n) is 1.31. The molecule has 0 aromatic carbocycles. The van der Waals surface area contributed by atoms with Gasteiger partial charge in [-0.2, -0.15) is 0 Å². The summed E-state index contributed by atoms with van der Waals surface area (Å²) in [6.45, 7) is 2.07. The molecule has 0 unspecified atom stereocenters. The predicted octanol–water partition coefficient (Wildman–Crippen LogP) is 0.199. The van der Waals surface area contributed by atoms with E-state index >= 15 is 0 Å². The van der Waals surface area contributed by atoms with Crippen molar-refractivity contribution in [3.63, 3.8) is 0 Å². The van der Waals surface area contributed by atoms with Crippen LogP contribution in [0.3, 0.4) is 0 Å². The molecule has 2 rings (SSSR count). The third-order valence-electron chi connectivity index (χ3n) is 2.01. The van der Waals surface area contributed by atoms with Gasteiger partial charge in [-0.3, -0.25) is 19.3 Å². The number of imidazole rings is 1. The average molecular weight is 283 g/mol. The third kappa shape index (κ3) is 1.67. The lowest BCUT2D eigenvalue weighted by molar-refractivity contribution is 0.826. The quantitative estimate of drug-likeness (QED) is 0.579. The molecule has 0 atom stereocenters. The molecule has 0 spiro atoms. The fourth-order valence-corrected chi connectivity index (χ4v) is 1.79. The van der Waals surface area contributed by atoms with Crippen LogP contribution < -0.4 is 11.2 Å². The van der Waals surface area contributed by atoms with E-state index in [9.17, 15) is 9.59 Å². The van der Waals surface area contributed by atoms with E-state index in [1.54, 1.807) is 11.5 Å². The van der Waals surface area contributed by atoms with Gasteiger partial charge in [0.1, 0.15) is 5.65 Å². The summed E-state index contributed by atoms with van der Waals surface area (Å²) in [6, 6.07) is 0. The molecule has 2 heterocycles. The highest BCUT2D eigenvalue weighted by atomic mass is 79.9. The van der Waals surface area contributed by atoms with E-state index in [1.165, 1.54) is 0 Å². The second kappa shape index (κ2) is 3.98. The molecule has 2 aromatic rings. The summed E-state index contributed by atoms with van der Waals surface area (Å²) in [5, 5.41) is 0. The van der Waals surface area contributed by atoms with Crippen molar-refractivity contribution in [2.24, 2.45) is 0 Å². The maximum absolute atomic E-state index is 11.4. The molecule has 2 aromatic heterocycles. The van der Waals surface area contributed by atoms with E-state index in [1.807, 2.05) is 0 Å². The van der Waals surface area contributed by atoms with E-state index in [4.69, 9.17) is 0 Å². The van der Waals surface area contributed by atoms with Crippen LogP contribution in [0.1, 0.15) is 6.92 Å². The second-order valence-electron chi connectivity index (χ2n) is 3.00. The molecule has 0 bridgehead atoms. The van der Waals surface area contributed by atoms with Crippen LogP contribution >= 0.6 is 15.9 Å². The van der Waals surface area contributed by atoms with Crippen molar-refractivity contribution in [3.8, 4) is 11.8 Å². The molecule has 82 valence electrons. The van der Waals surface area contributed by atoms with E-state index in [0.29, 0.717) is 16.9 Å². The van der Waals surface area contributed by atoms with Crippen LogP contribution in [0, 0.1) is 11.8 Å². The van der Waals surface area contributed by atoms with Crippen molar-refractivity contribution in [2.75, 3.05) is 0 Å². The minimum absolute atomic E-state index is 0.185. The maximum Gasteiger partial charge on any atom is 0.327 e. The first kappa shape index (κ1) is 10.7. The Kier molecular flexibility index (Phi) is 2.66. The highest BCUT2D eigenvalue weighted by Crippen LogP contribution is 2.13. The molecule has 0 aliphatic rings. The Hall–Kier alpha value is -1.81. The number of aromatic amines is 2. The Bertz CT molecular complexity index is 713. The first-order chi connectivity index (χ1) is 7.63.